The summed E-state index contributed by atoms with van der Waals surface area (Å²) in [6, 6.07) is 11.6. The van der Waals surface area contributed by atoms with Crippen molar-refractivity contribution in [2.45, 2.75) is 25.7 Å². The Kier molecular flexibility index (Phi) is 6.27. The minimum atomic E-state index is 0. The number of hydrogen-bond donors (Lipinski definition) is 1. The summed E-state index contributed by atoms with van der Waals surface area (Å²) in [4.78, 5) is 11.8. The van der Waals surface area contributed by atoms with Crippen LogP contribution in [-0.4, -0.2) is 37.9 Å². The number of pyridine rings is 2. The van der Waals surface area contributed by atoms with Crippen LogP contribution in [0.3, 0.4) is 0 Å². The van der Waals surface area contributed by atoms with Gasteiger partial charge < -0.3 is 16.4 Å². The van der Waals surface area contributed by atoms with Crippen molar-refractivity contribution in [1.29, 1.82) is 0 Å². The summed E-state index contributed by atoms with van der Waals surface area (Å²) in [5.41, 5.74) is 3.91. The van der Waals surface area contributed by atoms with Crippen LogP contribution in [0.5, 0.6) is 5.75 Å². The molecule has 0 bridgehead atoms. The van der Waals surface area contributed by atoms with Crippen LogP contribution in [0.2, 0.25) is 0 Å². The van der Waals surface area contributed by atoms with E-state index >= 15 is 0 Å². The third-order valence-electron chi connectivity index (χ3n) is 5.26. The summed E-state index contributed by atoms with van der Waals surface area (Å²) in [6.45, 7) is 2.14. The van der Waals surface area contributed by atoms with E-state index in [1.165, 1.54) is 25.7 Å². The first-order chi connectivity index (χ1) is 14.2. The molecule has 2 aliphatic rings. The van der Waals surface area contributed by atoms with Crippen LogP contribution in [0.4, 0.5) is 5.82 Å². The van der Waals surface area contributed by atoms with Gasteiger partial charge in [-0.1, -0.05) is 0 Å². The van der Waals surface area contributed by atoms with E-state index in [1.807, 2.05) is 43.6 Å². The van der Waals surface area contributed by atoms with Crippen LogP contribution >= 0.6 is 0 Å². The van der Waals surface area contributed by atoms with E-state index in [9.17, 15) is 5.11 Å². The van der Waals surface area contributed by atoms with Gasteiger partial charge in [0.2, 0.25) is 0 Å². The Morgan fingerprint density at radius 1 is 0.933 bits per heavy atom. The zero-order chi connectivity index (χ0) is 19.8. The molecule has 1 N–H and O–H groups in total. The Bertz CT molecular complexity index is 1180. The predicted molar refractivity (Wildman–Crippen MR) is 116 cm³/mol. The molecule has 4 heterocycles. The van der Waals surface area contributed by atoms with Crippen molar-refractivity contribution in [3.8, 4) is 17.0 Å². The van der Waals surface area contributed by atoms with E-state index in [4.69, 9.17) is 9.97 Å². The summed E-state index contributed by atoms with van der Waals surface area (Å²) in [5, 5.41) is 15.7. The van der Waals surface area contributed by atoms with E-state index in [-0.39, 0.29) is 35.3 Å². The van der Waals surface area contributed by atoms with Gasteiger partial charge in [-0.15, -0.1) is 0 Å². The SMILES string of the molecule is Cn1cc2cc(-c3ccc4nc(N5CCCC5)ccc4n3)c(O)cc2n1.[CH-]1CC1.[Na+]. The van der Waals surface area contributed by atoms with Gasteiger partial charge >= 0.3 is 29.6 Å². The molecule has 0 spiro atoms. The van der Waals surface area contributed by atoms with Crippen molar-refractivity contribution in [2.75, 3.05) is 18.0 Å². The predicted octanol–water partition coefficient (Wildman–Crippen LogP) is 1.48. The molecule has 1 saturated heterocycles. The first-order valence-electron chi connectivity index (χ1n) is 10.2. The van der Waals surface area contributed by atoms with Gasteiger partial charge in [0.1, 0.15) is 11.6 Å². The van der Waals surface area contributed by atoms with Gasteiger partial charge in [0.25, 0.3) is 0 Å². The number of rotatable bonds is 2. The number of phenolic OH excluding ortho intramolecular Hbond substituents is 1. The second kappa shape index (κ2) is 8.92. The second-order valence-electron chi connectivity index (χ2n) is 7.70. The standard InChI is InChI=1S/C20H19N5O.C3H5.Na/c1-24-12-13-10-14(19(26)11-18(13)23-24)15-4-5-17-16(21-15)6-7-20(22-17)25-8-2-3-9-25;1-2-3-1;/h4-7,10-12,26H,2-3,8-9H2,1H3;1H,2-3H2;/q;-1;+1. The molecule has 1 aliphatic heterocycles. The fourth-order valence-corrected chi connectivity index (χ4v) is 3.66. The molecule has 1 aliphatic carbocycles. The van der Waals surface area contributed by atoms with E-state index in [0.29, 0.717) is 5.56 Å². The Hall–Kier alpha value is -2.15. The number of phenols is 1. The van der Waals surface area contributed by atoms with Gasteiger partial charge in [0, 0.05) is 43.4 Å². The van der Waals surface area contributed by atoms with Crippen molar-refractivity contribution in [2.24, 2.45) is 7.05 Å². The number of aromatic hydroxyl groups is 1. The van der Waals surface area contributed by atoms with Crippen molar-refractivity contribution in [3.63, 3.8) is 0 Å². The van der Waals surface area contributed by atoms with Crippen molar-refractivity contribution in [1.82, 2.24) is 19.7 Å². The molecule has 0 radical (unpaired) electrons. The number of aromatic nitrogens is 4. The number of aryl methyl sites for hydroxylation is 1. The molecular weight excluding hydrogens is 385 g/mol. The smallest absolute Gasteiger partial charge is 0.507 e. The van der Waals surface area contributed by atoms with Crippen LogP contribution < -0.4 is 34.5 Å². The molecule has 4 aromatic rings. The molecule has 0 amide bonds. The van der Waals surface area contributed by atoms with Crippen LogP contribution in [0.1, 0.15) is 25.7 Å². The minimum Gasteiger partial charge on any atom is -0.507 e. The van der Waals surface area contributed by atoms with Crippen LogP contribution in [0.25, 0.3) is 33.2 Å². The zero-order valence-corrected chi connectivity index (χ0v) is 19.5. The molecule has 2 fully saturated rings. The summed E-state index contributed by atoms with van der Waals surface area (Å²) >= 11 is 0. The van der Waals surface area contributed by atoms with E-state index in [2.05, 4.69) is 16.4 Å². The topological polar surface area (TPSA) is 67.1 Å². The quantitative estimate of drug-likeness (QED) is 0.401. The van der Waals surface area contributed by atoms with Crippen molar-refractivity contribution in [3.05, 3.63) is 49.0 Å². The van der Waals surface area contributed by atoms with E-state index < -0.39 is 0 Å². The first-order valence-corrected chi connectivity index (χ1v) is 10.2. The number of anilines is 1. The van der Waals surface area contributed by atoms with E-state index in [1.54, 1.807) is 10.7 Å². The average molecular weight is 409 g/mol. The second-order valence-corrected chi connectivity index (χ2v) is 7.70. The summed E-state index contributed by atoms with van der Waals surface area (Å²) in [6.07, 6.45) is 9.39. The number of fused-ring (bicyclic) bond motifs is 2. The first kappa shape index (κ1) is 21.1. The number of benzene rings is 1. The largest absolute Gasteiger partial charge is 1.00 e. The van der Waals surface area contributed by atoms with Gasteiger partial charge in [0.05, 0.1) is 22.2 Å². The maximum absolute atomic E-state index is 10.4. The Balaban J connectivity index is 0.000000502. The van der Waals surface area contributed by atoms with Gasteiger partial charge in [-0.2, -0.15) is 5.10 Å². The van der Waals surface area contributed by atoms with Crippen LogP contribution in [0, 0.1) is 6.42 Å². The molecular formula is C23H24N5NaO. The molecule has 7 heteroatoms. The third kappa shape index (κ3) is 4.46. The average Bonchev–Trinajstić information content (AvgIpc) is 3.42. The van der Waals surface area contributed by atoms with Crippen LogP contribution in [0.15, 0.2) is 42.6 Å². The molecule has 1 saturated carbocycles. The maximum atomic E-state index is 10.4. The van der Waals surface area contributed by atoms with Gasteiger partial charge in [-0.3, -0.25) is 4.68 Å². The molecule has 0 atom stereocenters. The fraction of sp³-hybridized carbons (Fsp3) is 0.304. The zero-order valence-electron chi connectivity index (χ0n) is 17.5. The third-order valence-corrected chi connectivity index (χ3v) is 5.26. The number of nitrogens with zero attached hydrogens (tertiary/aromatic N) is 5. The Labute approximate surface area is 198 Å². The fourth-order valence-electron chi connectivity index (χ4n) is 3.66. The Morgan fingerprint density at radius 3 is 2.37 bits per heavy atom. The summed E-state index contributed by atoms with van der Waals surface area (Å²) in [5.74, 6) is 1.20. The summed E-state index contributed by atoms with van der Waals surface area (Å²) in [7, 11) is 1.87. The molecule has 148 valence electrons. The number of hydrogen-bond acceptors (Lipinski definition) is 5. The van der Waals surface area contributed by atoms with Crippen LogP contribution in [-0.2, 0) is 7.05 Å². The normalized spacial score (nSPS) is 15.0. The maximum Gasteiger partial charge on any atom is 1.00 e. The van der Waals surface area contributed by atoms with Gasteiger partial charge in [-0.05, 0) is 43.2 Å². The summed E-state index contributed by atoms with van der Waals surface area (Å²) < 4.78 is 1.74. The van der Waals surface area contributed by atoms with Crippen molar-refractivity contribution < 1.29 is 34.7 Å². The molecule has 0 unspecified atom stereocenters. The molecule has 1 aromatic carbocycles. The van der Waals surface area contributed by atoms with Gasteiger partial charge in [-0.25, -0.2) is 22.8 Å². The molecule has 30 heavy (non-hydrogen) atoms. The van der Waals surface area contributed by atoms with E-state index in [0.717, 1.165) is 46.5 Å². The molecule has 6 nitrogen and oxygen atoms in total. The Morgan fingerprint density at radius 2 is 1.63 bits per heavy atom. The molecule has 3 aromatic heterocycles. The van der Waals surface area contributed by atoms with Crippen molar-refractivity contribution >= 4 is 27.8 Å². The molecule has 6 rings (SSSR count). The minimum absolute atomic E-state index is 0. The van der Waals surface area contributed by atoms with Gasteiger partial charge in [0.15, 0.2) is 0 Å². The monoisotopic (exact) mass is 409 g/mol.